The predicted molar refractivity (Wildman–Crippen MR) is 231 cm³/mol. The molecule has 15 nitrogen and oxygen atoms in total. The Morgan fingerprint density at radius 1 is 1.05 bits per heavy atom. The normalized spacial score (nSPS) is 25.0. The number of pyridine rings is 1. The van der Waals surface area contributed by atoms with E-state index in [9.17, 15) is 40.8 Å². The number of allylic oxidation sites excluding steroid dienone is 1. The van der Waals surface area contributed by atoms with E-state index >= 15 is 0 Å². The number of rotatable bonds is 9. The van der Waals surface area contributed by atoms with Crippen molar-refractivity contribution in [2.45, 2.75) is 100 Å². The van der Waals surface area contributed by atoms with Gasteiger partial charge in [-0.15, -0.1) is 13.2 Å². The number of thioether (sulfide) groups is 1. The van der Waals surface area contributed by atoms with Crippen molar-refractivity contribution < 1.29 is 55.0 Å². The summed E-state index contributed by atoms with van der Waals surface area (Å²) in [5, 5.41) is 6.11. The van der Waals surface area contributed by atoms with Crippen molar-refractivity contribution in [1.29, 1.82) is 0 Å². The van der Waals surface area contributed by atoms with Gasteiger partial charge in [-0.2, -0.15) is 11.8 Å². The van der Waals surface area contributed by atoms with E-state index in [-0.39, 0.29) is 31.0 Å². The van der Waals surface area contributed by atoms with Gasteiger partial charge >= 0.3 is 12.5 Å². The Bertz CT molecular complexity index is 2390. The highest BCUT2D eigenvalue weighted by atomic mass is 32.2. The second-order valence-electron chi connectivity index (χ2n) is 17.5. The number of benzene rings is 2. The number of hydrogen-bond acceptors (Lipinski definition) is 12. The van der Waals surface area contributed by atoms with E-state index in [2.05, 4.69) is 20.1 Å². The predicted octanol–water partition coefficient (Wildman–Crippen LogP) is 5.67. The number of anilines is 1. The molecule has 0 bridgehead atoms. The maximum absolute atomic E-state index is 14.7. The maximum atomic E-state index is 14.7. The number of alkyl carbamates (subject to hydrolysis) is 1. The van der Waals surface area contributed by atoms with E-state index in [1.807, 2.05) is 43.3 Å². The smallest absolute Gasteiger partial charge is 0.472 e. The standard InChI is InChI=1S/C43H51F3N6O9S2/c1-41(2,3)61-40(56)48-34-24-62-18-8-6-7-9-27-22-42(27,39(55)50-63(57,58)31-15-16-31)49-36(53)35-21-30(23-52(35)38(34)54)59-37-32-17-12-28(51(4)5)19-26(32)20-33(47-37)25-10-13-29(14-11-25)60-43(44,45)46/h7,9-14,17,19-20,27,30-31,34-35H,6,8,15-16,18,21-24H2,1-5H3,(H,48,56)(H,49,53)(H,50,55)/b9-7-/t27-,30-,34+,35+,42-/m1/s1. The summed E-state index contributed by atoms with van der Waals surface area (Å²) in [6, 6.07) is 10.2. The lowest BCUT2D eigenvalue weighted by Gasteiger charge is -2.30. The number of halogens is 3. The van der Waals surface area contributed by atoms with Crippen molar-refractivity contribution in [3.05, 3.63) is 60.7 Å². The maximum Gasteiger partial charge on any atom is 0.573 e. The third kappa shape index (κ3) is 11.1. The highest BCUT2D eigenvalue weighted by Gasteiger charge is 2.62. The molecule has 0 radical (unpaired) electrons. The number of hydrogen-bond donors (Lipinski definition) is 3. The minimum atomic E-state index is -4.88. The van der Waals surface area contributed by atoms with Crippen LogP contribution in [0.4, 0.5) is 23.7 Å². The highest BCUT2D eigenvalue weighted by Crippen LogP contribution is 2.46. The molecule has 63 heavy (non-hydrogen) atoms. The number of fused-ring (bicyclic) bond motifs is 3. The molecule has 5 atom stereocenters. The van der Waals surface area contributed by atoms with Crippen LogP contribution in [0, 0.1) is 5.92 Å². The minimum absolute atomic E-state index is 0.0882. The van der Waals surface area contributed by atoms with E-state index in [4.69, 9.17) is 14.5 Å². The Labute approximate surface area is 367 Å². The second-order valence-corrected chi connectivity index (χ2v) is 20.6. The first kappa shape index (κ1) is 45.8. The van der Waals surface area contributed by atoms with Gasteiger partial charge in [0.1, 0.15) is 35.1 Å². The molecule has 1 aromatic heterocycles. The van der Waals surface area contributed by atoms with Gasteiger partial charge in [0, 0.05) is 48.8 Å². The van der Waals surface area contributed by atoms with Crippen molar-refractivity contribution >= 4 is 62.1 Å². The number of carbonyl (C=O) groups is 4. The molecule has 3 heterocycles. The molecule has 0 spiro atoms. The fraction of sp³-hybridized carbons (Fsp3) is 0.512. The van der Waals surface area contributed by atoms with Crippen LogP contribution in [0.2, 0.25) is 0 Å². The molecule has 7 rings (SSSR count). The van der Waals surface area contributed by atoms with Gasteiger partial charge < -0.3 is 34.6 Å². The molecule has 4 aliphatic rings. The topological polar surface area (TPSA) is 186 Å². The van der Waals surface area contributed by atoms with Crippen LogP contribution in [-0.2, 0) is 29.1 Å². The Hall–Kier alpha value is -5.24. The number of carbonyl (C=O) groups excluding carboxylic acids is 4. The summed E-state index contributed by atoms with van der Waals surface area (Å²) < 4.78 is 83.1. The Kier molecular flexibility index (Phi) is 12.9. The molecule has 0 unspecified atom stereocenters. The van der Waals surface area contributed by atoms with Crippen LogP contribution in [0.5, 0.6) is 11.6 Å². The zero-order valence-electron chi connectivity index (χ0n) is 35.5. The molecule has 4 amide bonds. The number of sulfonamides is 1. The average molecular weight is 917 g/mol. The summed E-state index contributed by atoms with van der Waals surface area (Å²) in [6.45, 7) is 4.91. The number of ether oxygens (including phenoxy) is 3. The molecule has 2 saturated carbocycles. The van der Waals surface area contributed by atoms with Crippen molar-refractivity contribution in [2.75, 3.05) is 37.0 Å². The number of nitrogens with one attached hydrogen (secondary N) is 3. The molecule has 1 saturated heterocycles. The summed E-state index contributed by atoms with van der Waals surface area (Å²) in [4.78, 5) is 64.2. The Morgan fingerprint density at radius 3 is 2.44 bits per heavy atom. The van der Waals surface area contributed by atoms with Gasteiger partial charge in [-0.3, -0.25) is 19.1 Å². The fourth-order valence-electron chi connectivity index (χ4n) is 7.65. The summed E-state index contributed by atoms with van der Waals surface area (Å²) in [6.07, 6.45) is -0.648. The number of aromatic nitrogens is 1. The summed E-state index contributed by atoms with van der Waals surface area (Å²) in [7, 11) is -0.234. The molecule has 3 N–H and O–H groups in total. The van der Waals surface area contributed by atoms with Crippen LogP contribution in [0.25, 0.3) is 22.0 Å². The van der Waals surface area contributed by atoms with Crippen molar-refractivity contribution in [3.63, 3.8) is 0 Å². The molecule has 20 heteroatoms. The molecule has 2 aliphatic carbocycles. The highest BCUT2D eigenvalue weighted by molar-refractivity contribution is 7.99. The van der Waals surface area contributed by atoms with Gasteiger partial charge in [0.05, 0.1) is 17.5 Å². The molecule has 2 aromatic carbocycles. The van der Waals surface area contributed by atoms with Gasteiger partial charge in [0.15, 0.2) is 0 Å². The van der Waals surface area contributed by atoms with Crippen LogP contribution in [0.3, 0.4) is 0 Å². The molecular formula is C43H51F3N6O9S2. The van der Waals surface area contributed by atoms with Gasteiger partial charge in [-0.25, -0.2) is 18.2 Å². The van der Waals surface area contributed by atoms with Crippen molar-refractivity contribution in [1.82, 2.24) is 25.2 Å². The van der Waals surface area contributed by atoms with E-state index in [1.165, 1.54) is 40.9 Å². The van der Waals surface area contributed by atoms with Crippen LogP contribution < -0.4 is 29.7 Å². The quantitative estimate of drug-likeness (QED) is 0.224. The van der Waals surface area contributed by atoms with Crippen LogP contribution in [0.1, 0.15) is 59.3 Å². The van der Waals surface area contributed by atoms with Gasteiger partial charge in [-0.05, 0) is 113 Å². The first-order valence-corrected chi connectivity index (χ1v) is 23.4. The van der Waals surface area contributed by atoms with Gasteiger partial charge in [0.2, 0.25) is 27.7 Å². The zero-order valence-corrected chi connectivity index (χ0v) is 37.1. The lowest BCUT2D eigenvalue weighted by Crippen LogP contribution is -2.58. The monoisotopic (exact) mass is 916 g/mol. The second kappa shape index (κ2) is 17.7. The first-order chi connectivity index (χ1) is 29.6. The zero-order chi connectivity index (χ0) is 45.5. The molecule has 3 aromatic rings. The average Bonchev–Trinajstić information content (AvgIpc) is 4.12. The third-order valence-corrected chi connectivity index (χ3v) is 14.0. The summed E-state index contributed by atoms with van der Waals surface area (Å²) >= 11 is 1.44. The molecule has 3 fully saturated rings. The van der Waals surface area contributed by atoms with E-state index in [0.717, 1.165) is 5.69 Å². The fourth-order valence-corrected chi connectivity index (χ4v) is 10.0. The van der Waals surface area contributed by atoms with Crippen LogP contribution in [0.15, 0.2) is 60.7 Å². The minimum Gasteiger partial charge on any atom is -0.472 e. The number of amides is 4. The first-order valence-electron chi connectivity index (χ1n) is 20.7. The Morgan fingerprint density at radius 2 is 1.78 bits per heavy atom. The van der Waals surface area contributed by atoms with Crippen LogP contribution in [-0.4, -0.2) is 115 Å². The van der Waals surface area contributed by atoms with Crippen molar-refractivity contribution in [2.24, 2.45) is 5.92 Å². The van der Waals surface area contributed by atoms with Gasteiger partial charge in [0.25, 0.3) is 5.91 Å². The summed E-state index contributed by atoms with van der Waals surface area (Å²) in [5.41, 5.74) is -0.821. The third-order valence-electron chi connectivity index (χ3n) is 11.1. The van der Waals surface area contributed by atoms with E-state index < -0.39 is 86.4 Å². The van der Waals surface area contributed by atoms with E-state index in [1.54, 1.807) is 32.9 Å². The SMILES string of the molecule is CN(C)c1ccc2c(O[C@@H]3C[C@H]4C(=O)N[C@]5(C(=O)NS(=O)(=O)C6CC6)C[C@H]5/C=C\CCCSC[C@H](NC(=O)OC(C)(C)C)C(=O)N4C3)nc(-c3ccc(OC(F)(F)F)cc3)cc2c1. The lowest BCUT2D eigenvalue weighted by molar-refractivity contribution is -0.274. The molecule has 2 aliphatic heterocycles. The number of nitrogens with zero attached hydrogens (tertiary/aromatic N) is 3. The largest absolute Gasteiger partial charge is 0.573 e. The van der Waals surface area contributed by atoms with Crippen molar-refractivity contribution in [3.8, 4) is 22.9 Å². The van der Waals surface area contributed by atoms with E-state index in [0.29, 0.717) is 53.5 Å². The lowest BCUT2D eigenvalue weighted by atomic mass is 10.1. The van der Waals surface area contributed by atoms with Gasteiger partial charge in [-0.1, -0.05) is 12.2 Å². The molecular weight excluding hydrogens is 866 g/mol. The number of alkyl halides is 3. The Balaban J connectivity index is 1.24. The van der Waals surface area contributed by atoms with Crippen LogP contribution >= 0.6 is 11.8 Å². The molecule has 340 valence electrons. The summed E-state index contributed by atoms with van der Waals surface area (Å²) in [5.74, 6) is -2.19.